The fourth-order valence-corrected chi connectivity index (χ4v) is 5.99. The van der Waals surface area contributed by atoms with Gasteiger partial charge in [0.15, 0.2) is 5.75 Å². The average Bonchev–Trinajstić information content (AvgIpc) is 3.14. The predicted molar refractivity (Wildman–Crippen MR) is 138 cm³/mol. The first-order chi connectivity index (χ1) is 17.6. The van der Waals surface area contributed by atoms with Crippen molar-refractivity contribution in [3.8, 4) is 11.5 Å². The Hall–Kier alpha value is -3.01. The van der Waals surface area contributed by atoms with Crippen molar-refractivity contribution < 1.29 is 37.4 Å². The summed E-state index contributed by atoms with van der Waals surface area (Å²) in [6.07, 6.45) is -0.705. The van der Waals surface area contributed by atoms with Gasteiger partial charge in [-0.1, -0.05) is 27.7 Å². The molecule has 3 aromatic rings. The Labute approximate surface area is 219 Å². The summed E-state index contributed by atoms with van der Waals surface area (Å²) in [6, 6.07) is 1.83. The molecule has 0 fully saturated rings. The smallest absolute Gasteiger partial charge is 0.435 e. The van der Waals surface area contributed by atoms with E-state index in [0.29, 0.717) is 11.1 Å². The number of halogens is 2. The number of hydrogen-bond donors (Lipinski definition) is 2. The highest BCUT2D eigenvalue weighted by Crippen LogP contribution is 2.51. The lowest BCUT2D eigenvalue weighted by atomic mass is 9.85. The number of fused-ring (bicyclic) bond motifs is 2. The van der Waals surface area contributed by atoms with E-state index in [4.69, 9.17) is 9.47 Å². The minimum Gasteiger partial charge on any atom is -0.493 e. The molecule has 1 amide bonds. The number of nitrogens with zero attached hydrogens (tertiary/aromatic N) is 3. The topological polar surface area (TPSA) is 114 Å². The maximum Gasteiger partial charge on any atom is 0.435 e. The third-order valence-electron chi connectivity index (χ3n) is 6.58. The Morgan fingerprint density at radius 2 is 1.82 bits per heavy atom. The van der Waals surface area contributed by atoms with Crippen LogP contribution < -0.4 is 9.47 Å². The quantitative estimate of drug-likeness (QED) is 0.394. The van der Waals surface area contributed by atoms with Crippen molar-refractivity contribution >= 4 is 24.7 Å². The molecular formula is C26H32F2N3O6P. The van der Waals surface area contributed by atoms with E-state index in [1.165, 1.54) is 11.8 Å². The van der Waals surface area contributed by atoms with E-state index in [-0.39, 0.29) is 70.3 Å². The van der Waals surface area contributed by atoms with Crippen LogP contribution in [0.15, 0.2) is 12.1 Å². The fraction of sp³-hybridized carbons (Fsp3) is 0.462. The number of rotatable bonds is 6. The Morgan fingerprint density at radius 3 is 2.37 bits per heavy atom. The fourth-order valence-electron chi connectivity index (χ4n) is 5.11. The summed E-state index contributed by atoms with van der Waals surface area (Å²) in [5.41, 5.74) is 1.44. The number of benzene rings is 2. The van der Waals surface area contributed by atoms with Crippen molar-refractivity contribution in [2.24, 2.45) is 0 Å². The summed E-state index contributed by atoms with van der Waals surface area (Å²) in [7, 11) is -1.73. The maximum atomic E-state index is 15.0. The normalized spacial score (nSPS) is 15.7. The molecule has 0 bridgehead atoms. The SMILES string of the molecule is Cc1nc2c(O[C@H]3CCOc4cc(F)cc(F)c43)c(C(C)C)c(C(=O)N(C)C)c(C(C)C)c2n1P(=O)(O)O. The predicted octanol–water partition coefficient (Wildman–Crippen LogP) is 5.41. The van der Waals surface area contributed by atoms with E-state index in [0.717, 1.165) is 16.5 Å². The van der Waals surface area contributed by atoms with Crippen molar-refractivity contribution in [1.82, 2.24) is 14.2 Å². The number of carbonyl (C=O) groups is 1. The second kappa shape index (κ2) is 9.94. The van der Waals surface area contributed by atoms with Gasteiger partial charge in [-0.05, 0) is 24.3 Å². The lowest BCUT2D eigenvalue weighted by Gasteiger charge is -2.30. The molecule has 0 radical (unpaired) electrons. The number of carbonyl (C=O) groups excluding carboxylic acids is 1. The molecule has 0 aliphatic carbocycles. The van der Waals surface area contributed by atoms with Crippen LogP contribution in [0.2, 0.25) is 0 Å². The Bertz CT molecular complexity index is 1480. The summed E-state index contributed by atoms with van der Waals surface area (Å²) in [6.45, 7) is 8.98. The van der Waals surface area contributed by atoms with Crippen LogP contribution in [0.25, 0.3) is 11.0 Å². The van der Waals surface area contributed by atoms with Gasteiger partial charge < -0.3 is 24.2 Å². The van der Waals surface area contributed by atoms with Crippen molar-refractivity contribution in [3.05, 3.63) is 51.8 Å². The van der Waals surface area contributed by atoms with Gasteiger partial charge in [0.05, 0.1) is 23.3 Å². The van der Waals surface area contributed by atoms with Crippen LogP contribution in [-0.2, 0) is 4.57 Å². The second-order valence-electron chi connectivity index (χ2n) is 10.3. The number of aromatic nitrogens is 2. The summed E-state index contributed by atoms with van der Waals surface area (Å²) in [5, 5.41) is 0. The highest BCUT2D eigenvalue weighted by molar-refractivity contribution is 7.50. The van der Waals surface area contributed by atoms with Crippen molar-refractivity contribution in [2.45, 2.75) is 59.0 Å². The maximum absolute atomic E-state index is 15.0. The number of imidazole rings is 1. The molecule has 12 heteroatoms. The highest BCUT2D eigenvalue weighted by atomic mass is 31.2. The minimum absolute atomic E-state index is 0.0152. The van der Waals surface area contributed by atoms with Gasteiger partial charge in [-0.15, -0.1) is 0 Å². The molecule has 38 heavy (non-hydrogen) atoms. The molecule has 0 saturated carbocycles. The summed E-state index contributed by atoms with van der Waals surface area (Å²) in [4.78, 5) is 40.1. The van der Waals surface area contributed by atoms with Crippen LogP contribution in [0.5, 0.6) is 11.5 Å². The Balaban J connectivity index is 2.15. The van der Waals surface area contributed by atoms with Gasteiger partial charge in [-0.25, -0.2) is 22.7 Å². The first kappa shape index (κ1) is 28.0. The van der Waals surface area contributed by atoms with Gasteiger partial charge in [0.1, 0.15) is 34.8 Å². The van der Waals surface area contributed by atoms with Crippen LogP contribution in [-0.4, -0.2) is 50.6 Å². The molecule has 1 aliphatic rings. The van der Waals surface area contributed by atoms with Crippen LogP contribution >= 0.6 is 7.75 Å². The van der Waals surface area contributed by atoms with Gasteiger partial charge >= 0.3 is 7.75 Å². The van der Waals surface area contributed by atoms with Gasteiger partial charge in [-0.2, -0.15) is 0 Å². The van der Waals surface area contributed by atoms with E-state index in [2.05, 4.69) is 4.98 Å². The van der Waals surface area contributed by atoms with E-state index < -0.39 is 25.5 Å². The molecule has 1 aliphatic heterocycles. The van der Waals surface area contributed by atoms with Crippen molar-refractivity contribution in [3.63, 3.8) is 0 Å². The molecule has 206 valence electrons. The minimum atomic E-state index is -4.91. The van der Waals surface area contributed by atoms with E-state index in [1.54, 1.807) is 14.1 Å². The van der Waals surface area contributed by atoms with Crippen LogP contribution in [0, 0.1) is 18.6 Å². The molecule has 4 rings (SSSR count). The molecule has 2 aromatic carbocycles. The number of ether oxygens (including phenoxy) is 2. The average molecular weight is 552 g/mol. The third kappa shape index (κ3) is 4.67. The zero-order valence-corrected chi connectivity index (χ0v) is 23.3. The zero-order chi connectivity index (χ0) is 28.3. The largest absolute Gasteiger partial charge is 0.493 e. The molecular weight excluding hydrogens is 519 g/mol. The first-order valence-corrected chi connectivity index (χ1v) is 13.9. The van der Waals surface area contributed by atoms with Gasteiger partial charge in [0.25, 0.3) is 5.91 Å². The molecule has 2 heterocycles. The second-order valence-corrected chi connectivity index (χ2v) is 11.7. The zero-order valence-electron chi connectivity index (χ0n) is 22.4. The van der Waals surface area contributed by atoms with Crippen molar-refractivity contribution in [1.29, 1.82) is 0 Å². The number of aryl methyl sites for hydroxylation is 1. The lowest BCUT2D eigenvalue weighted by Crippen LogP contribution is -2.27. The highest BCUT2D eigenvalue weighted by Gasteiger charge is 2.37. The molecule has 1 aromatic heterocycles. The Kier molecular flexibility index (Phi) is 7.33. The monoisotopic (exact) mass is 551 g/mol. The number of amides is 1. The standard InChI is InChI=1S/C26H32F2N3O6P/c1-12(2)19-22(26(32)30(6)7)20(13(3)4)25(23-24(19)31(14(5)29-23)38(33,34)35)37-17-8-9-36-18-11-15(27)10-16(28)21(17)18/h10-13,17H,8-9H2,1-7H3,(H2,33,34,35)/t17-/m0/s1. The van der Waals surface area contributed by atoms with E-state index in [1.807, 2.05) is 27.7 Å². The summed E-state index contributed by atoms with van der Waals surface area (Å²) >= 11 is 0. The molecule has 0 saturated heterocycles. The van der Waals surface area contributed by atoms with E-state index in [9.17, 15) is 27.9 Å². The van der Waals surface area contributed by atoms with Crippen LogP contribution in [0.4, 0.5) is 8.78 Å². The number of hydrogen-bond acceptors (Lipinski definition) is 5. The van der Waals surface area contributed by atoms with Gasteiger partial charge in [0, 0.05) is 38.2 Å². The van der Waals surface area contributed by atoms with Gasteiger partial charge in [-0.3, -0.25) is 4.79 Å². The lowest BCUT2D eigenvalue weighted by molar-refractivity contribution is 0.0822. The molecule has 0 spiro atoms. The molecule has 9 nitrogen and oxygen atoms in total. The first-order valence-electron chi connectivity index (χ1n) is 12.3. The molecule has 1 atom stereocenters. The van der Waals surface area contributed by atoms with Crippen LogP contribution in [0.1, 0.15) is 84.9 Å². The van der Waals surface area contributed by atoms with Crippen molar-refractivity contribution in [2.75, 3.05) is 20.7 Å². The van der Waals surface area contributed by atoms with E-state index >= 15 is 0 Å². The van der Waals surface area contributed by atoms with Crippen LogP contribution in [0.3, 0.4) is 0 Å². The summed E-state index contributed by atoms with van der Waals surface area (Å²) in [5.74, 6) is -2.44. The third-order valence-corrected chi connectivity index (χ3v) is 7.59. The Morgan fingerprint density at radius 1 is 1.18 bits per heavy atom. The molecule has 0 unspecified atom stereocenters. The van der Waals surface area contributed by atoms with Gasteiger partial charge in [0.2, 0.25) is 0 Å². The summed E-state index contributed by atoms with van der Waals surface area (Å²) < 4.78 is 54.3. The molecule has 2 N–H and O–H groups in total.